The van der Waals surface area contributed by atoms with Gasteiger partial charge in [-0.25, -0.2) is 4.39 Å². The van der Waals surface area contributed by atoms with Gasteiger partial charge >= 0.3 is 0 Å². The van der Waals surface area contributed by atoms with E-state index >= 15 is 0 Å². The van der Waals surface area contributed by atoms with Gasteiger partial charge in [0.05, 0.1) is 5.02 Å². The molecule has 0 fully saturated rings. The van der Waals surface area contributed by atoms with Gasteiger partial charge in [-0.3, -0.25) is 4.98 Å². The van der Waals surface area contributed by atoms with Crippen LogP contribution in [-0.4, -0.2) is 4.98 Å². The molecule has 0 aliphatic carbocycles. The fourth-order valence-electron chi connectivity index (χ4n) is 1.72. The third kappa shape index (κ3) is 3.06. The largest absolute Gasteiger partial charge is 0.306 e. The lowest BCUT2D eigenvalue weighted by atomic mass is 10.1. The van der Waals surface area contributed by atoms with Crippen molar-refractivity contribution >= 4 is 11.6 Å². The van der Waals surface area contributed by atoms with E-state index in [2.05, 4.69) is 10.3 Å². The second kappa shape index (κ2) is 5.94. The van der Waals surface area contributed by atoms with Gasteiger partial charge in [-0.05, 0) is 36.2 Å². The Balaban J connectivity index is 2.02. The lowest BCUT2D eigenvalue weighted by molar-refractivity contribution is 0.569. The van der Waals surface area contributed by atoms with Crippen molar-refractivity contribution < 1.29 is 4.39 Å². The molecular weight excluding hydrogens is 251 g/mol. The van der Waals surface area contributed by atoms with Gasteiger partial charge in [0.15, 0.2) is 0 Å². The average molecular weight is 265 g/mol. The second-order valence-electron chi connectivity index (χ2n) is 4.10. The molecule has 0 unspecified atom stereocenters. The van der Waals surface area contributed by atoms with Gasteiger partial charge in [0, 0.05) is 25.0 Å². The quantitative estimate of drug-likeness (QED) is 0.910. The maximum Gasteiger partial charge on any atom is 0.142 e. The van der Waals surface area contributed by atoms with E-state index in [9.17, 15) is 4.39 Å². The molecule has 0 aliphatic heterocycles. The molecule has 1 heterocycles. The molecule has 4 heteroatoms. The molecule has 2 rings (SSSR count). The minimum absolute atomic E-state index is 0.160. The summed E-state index contributed by atoms with van der Waals surface area (Å²) in [7, 11) is 0. The highest BCUT2D eigenvalue weighted by molar-refractivity contribution is 6.31. The summed E-state index contributed by atoms with van der Waals surface area (Å²) in [6.07, 6.45) is 3.51. The van der Waals surface area contributed by atoms with Crippen molar-refractivity contribution in [1.82, 2.24) is 10.3 Å². The number of nitrogens with zero attached hydrogens (tertiary/aromatic N) is 1. The first-order chi connectivity index (χ1) is 8.68. The molecular formula is C14H14ClFN2. The Morgan fingerprint density at radius 1 is 1.28 bits per heavy atom. The van der Waals surface area contributed by atoms with E-state index in [0.29, 0.717) is 6.54 Å². The number of benzene rings is 1. The average Bonchev–Trinajstić information content (AvgIpc) is 2.41. The molecule has 1 aromatic carbocycles. The first-order valence-corrected chi connectivity index (χ1v) is 6.12. The monoisotopic (exact) mass is 264 g/mol. The summed E-state index contributed by atoms with van der Waals surface area (Å²) in [5, 5.41) is 3.49. The zero-order valence-electron chi connectivity index (χ0n) is 10.0. The number of pyridine rings is 1. The van der Waals surface area contributed by atoms with Crippen LogP contribution in [0.5, 0.6) is 0 Å². The molecule has 0 bridgehead atoms. The van der Waals surface area contributed by atoms with Gasteiger partial charge < -0.3 is 5.32 Å². The van der Waals surface area contributed by atoms with Crippen LogP contribution >= 0.6 is 11.6 Å². The Morgan fingerprint density at radius 3 is 2.72 bits per heavy atom. The Morgan fingerprint density at radius 2 is 2.00 bits per heavy atom. The van der Waals surface area contributed by atoms with Crippen molar-refractivity contribution in [2.45, 2.75) is 19.5 Å². The first-order valence-electron chi connectivity index (χ1n) is 5.74. The van der Waals surface area contributed by atoms with Crippen LogP contribution in [0.3, 0.4) is 0 Å². The number of aromatic nitrogens is 1. The number of nitrogens with one attached hydrogen (secondary N) is 1. The Bertz CT molecular complexity index is 516. The Kier molecular flexibility index (Phi) is 4.28. The van der Waals surface area contributed by atoms with E-state index in [1.807, 2.05) is 25.1 Å². The Labute approximate surface area is 111 Å². The van der Waals surface area contributed by atoms with Crippen LogP contribution in [0.25, 0.3) is 0 Å². The summed E-state index contributed by atoms with van der Waals surface area (Å²) in [6.45, 7) is 2.57. The summed E-state index contributed by atoms with van der Waals surface area (Å²) in [6, 6.07) is 8.90. The predicted octanol–water partition coefficient (Wildman–Crippen LogP) is 3.72. The standard InChI is InChI=1S/C14H14ClFN2/c1-10(11-5-7-17-8-6-11)18-9-12-3-2-4-13(16)14(12)15/h2-8,10,18H,9H2,1H3/t10-/m1/s1. The van der Waals surface area contributed by atoms with Crippen molar-refractivity contribution in [3.8, 4) is 0 Å². The van der Waals surface area contributed by atoms with Crippen LogP contribution in [-0.2, 0) is 6.54 Å². The number of hydrogen-bond donors (Lipinski definition) is 1. The van der Waals surface area contributed by atoms with Crippen LogP contribution in [0, 0.1) is 5.82 Å². The maximum atomic E-state index is 13.3. The van der Waals surface area contributed by atoms with E-state index in [1.165, 1.54) is 6.07 Å². The van der Waals surface area contributed by atoms with Crippen LogP contribution < -0.4 is 5.32 Å². The van der Waals surface area contributed by atoms with E-state index in [-0.39, 0.29) is 16.9 Å². The Hall–Kier alpha value is -1.45. The smallest absolute Gasteiger partial charge is 0.142 e. The molecule has 0 saturated carbocycles. The summed E-state index contributed by atoms with van der Waals surface area (Å²) < 4.78 is 13.3. The summed E-state index contributed by atoms with van der Waals surface area (Å²) in [5.41, 5.74) is 1.90. The minimum Gasteiger partial charge on any atom is -0.306 e. The van der Waals surface area contributed by atoms with Gasteiger partial charge in [-0.15, -0.1) is 0 Å². The molecule has 0 amide bonds. The molecule has 0 radical (unpaired) electrons. The van der Waals surface area contributed by atoms with Gasteiger partial charge in [0.2, 0.25) is 0 Å². The first kappa shape index (κ1) is 13.0. The van der Waals surface area contributed by atoms with Gasteiger partial charge in [-0.2, -0.15) is 0 Å². The lowest BCUT2D eigenvalue weighted by Crippen LogP contribution is -2.18. The number of hydrogen-bond acceptors (Lipinski definition) is 2. The SMILES string of the molecule is C[C@@H](NCc1cccc(F)c1Cl)c1ccncc1. The predicted molar refractivity (Wildman–Crippen MR) is 70.9 cm³/mol. The molecule has 0 spiro atoms. The molecule has 0 aliphatic rings. The minimum atomic E-state index is -0.382. The van der Waals surface area contributed by atoms with Crippen molar-refractivity contribution in [3.63, 3.8) is 0 Å². The molecule has 0 saturated heterocycles. The number of rotatable bonds is 4. The summed E-state index contributed by atoms with van der Waals surface area (Å²) >= 11 is 5.90. The van der Waals surface area contributed by atoms with E-state index in [1.54, 1.807) is 18.5 Å². The number of halogens is 2. The zero-order valence-corrected chi connectivity index (χ0v) is 10.8. The van der Waals surface area contributed by atoms with Gasteiger partial charge in [0.1, 0.15) is 5.82 Å². The van der Waals surface area contributed by atoms with Gasteiger partial charge in [0.25, 0.3) is 0 Å². The molecule has 2 nitrogen and oxygen atoms in total. The van der Waals surface area contributed by atoms with Crippen molar-refractivity contribution in [1.29, 1.82) is 0 Å². The third-order valence-electron chi connectivity index (χ3n) is 2.84. The lowest BCUT2D eigenvalue weighted by Gasteiger charge is -2.14. The van der Waals surface area contributed by atoms with Crippen LogP contribution in [0.1, 0.15) is 24.1 Å². The summed E-state index contributed by atoms with van der Waals surface area (Å²) in [4.78, 5) is 3.97. The van der Waals surface area contributed by atoms with Gasteiger partial charge in [-0.1, -0.05) is 23.7 Å². The maximum absolute atomic E-state index is 13.3. The topological polar surface area (TPSA) is 24.9 Å². The van der Waals surface area contributed by atoms with Crippen LogP contribution in [0.4, 0.5) is 4.39 Å². The van der Waals surface area contributed by atoms with Crippen molar-refractivity contribution in [2.24, 2.45) is 0 Å². The molecule has 94 valence electrons. The van der Waals surface area contributed by atoms with E-state index in [0.717, 1.165) is 11.1 Å². The molecule has 1 aromatic heterocycles. The second-order valence-corrected chi connectivity index (χ2v) is 4.47. The molecule has 18 heavy (non-hydrogen) atoms. The third-order valence-corrected chi connectivity index (χ3v) is 3.26. The molecule has 2 aromatic rings. The highest BCUT2D eigenvalue weighted by Gasteiger charge is 2.08. The van der Waals surface area contributed by atoms with Crippen molar-refractivity contribution in [2.75, 3.05) is 0 Å². The fourth-order valence-corrected chi connectivity index (χ4v) is 1.91. The fraction of sp³-hybridized carbons (Fsp3) is 0.214. The normalized spacial score (nSPS) is 12.4. The van der Waals surface area contributed by atoms with E-state index < -0.39 is 0 Å². The van der Waals surface area contributed by atoms with Crippen LogP contribution in [0.2, 0.25) is 5.02 Å². The molecule has 1 N–H and O–H groups in total. The zero-order chi connectivity index (χ0) is 13.0. The summed E-state index contributed by atoms with van der Waals surface area (Å²) in [5.74, 6) is -0.382. The highest BCUT2D eigenvalue weighted by atomic mass is 35.5. The van der Waals surface area contributed by atoms with E-state index in [4.69, 9.17) is 11.6 Å². The van der Waals surface area contributed by atoms with Crippen molar-refractivity contribution in [3.05, 3.63) is 64.7 Å². The van der Waals surface area contributed by atoms with Crippen LogP contribution in [0.15, 0.2) is 42.7 Å². The molecule has 1 atom stereocenters. The highest BCUT2D eigenvalue weighted by Crippen LogP contribution is 2.20.